The lowest BCUT2D eigenvalue weighted by Crippen LogP contribution is -2.28. The van der Waals surface area contributed by atoms with Crippen LogP contribution in [0.4, 0.5) is 11.8 Å². The van der Waals surface area contributed by atoms with Crippen molar-refractivity contribution in [1.82, 2.24) is 14.9 Å². The van der Waals surface area contributed by atoms with E-state index in [1.54, 1.807) is 13.3 Å². The predicted molar refractivity (Wildman–Crippen MR) is 69.0 cm³/mol. The monoisotopic (exact) mass is 239 g/mol. The van der Waals surface area contributed by atoms with E-state index in [1.807, 2.05) is 6.92 Å². The lowest BCUT2D eigenvalue weighted by atomic mass is 10.3. The van der Waals surface area contributed by atoms with Crippen LogP contribution in [0.5, 0.6) is 0 Å². The molecule has 1 rings (SSSR count). The molecule has 3 N–H and O–H groups in total. The molecule has 0 aromatic carbocycles. The van der Waals surface area contributed by atoms with Crippen molar-refractivity contribution in [3.8, 4) is 0 Å². The fraction of sp³-hybridized carbons (Fsp3) is 0.636. The number of aryl methyl sites for hydroxylation is 1. The molecule has 0 bridgehead atoms. The standard InChI is InChI=1S/C11H21N5O/c1-9-8-14-11(12)15-10(9)13-4-5-16(2)6-7-17-3/h8H,4-7H2,1-3H3,(H3,12,13,14,15). The highest BCUT2D eigenvalue weighted by Crippen LogP contribution is 2.09. The van der Waals surface area contributed by atoms with Gasteiger partial charge in [0.25, 0.3) is 0 Å². The quantitative estimate of drug-likeness (QED) is 0.715. The third kappa shape index (κ3) is 4.97. The molecule has 0 amide bonds. The van der Waals surface area contributed by atoms with Crippen molar-refractivity contribution in [3.63, 3.8) is 0 Å². The van der Waals surface area contributed by atoms with Crippen LogP contribution in [0.1, 0.15) is 5.56 Å². The molecule has 0 spiro atoms. The molecule has 0 atom stereocenters. The molecule has 6 nitrogen and oxygen atoms in total. The van der Waals surface area contributed by atoms with Gasteiger partial charge in [-0.1, -0.05) is 0 Å². The van der Waals surface area contributed by atoms with E-state index in [9.17, 15) is 0 Å². The molecule has 0 saturated carbocycles. The van der Waals surface area contributed by atoms with Crippen LogP contribution in [0.25, 0.3) is 0 Å². The first-order chi connectivity index (χ1) is 8.13. The molecule has 0 unspecified atom stereocenters. The fourth-order valence-electron chi connectivity index (χ4n) is 1.36. The number of nitrogens with two attached hydrogens (primary N) is 1. The Balaban J connectivity index is 2.32. The van der Waals surface area contributed by atoms with Gasteiger partial charge in [-0.05, 0) is 14.0 Å². The van der Waals surface area contributed by atoms with Gasteiger partial charge in [-0.25, -0.2) is 4.98 Å². The Hall–Kier alpha value is -1.40. The molecule has 0 radical (unpaired) electrons. The van der Waals surface area contributed by atoms with E-state index in [0.717, 1.165) is 37.6 Å². The van der Waals surface area contributed by atoms with E-state index < -0.39 is 0 Å². The third-order valence-corrected chi connectivity index (χ3v) is 2.45. The van der Waals surface area contributed by atoms with Gasteiger partial charge in [-0.15, -0.1) is 0 Å². The molecule has 0 aliphatic rings. The van der Waals surface area contributed by atoms with E-state index in [-0.39, 0.29) is 0 Å². The summed E-state index contributed by atoms with van der Waals surface area (Å²) < 4.78 is 5.01. The van der Waals surface area contributed by atoms with Crippen LogP contribution in [0.15, 0.2) is 6.20 Å². The Morgan fingerprint density at radius 2 is 2.24 bits per heavy atom. The first-order valence-electron chi connectivity index (χ1n) is 5.64. The highest BCUT2D eigenvalue weighted by Gasteiger charge is 2.02. The number of rotatable bonds is 7. The number of nitrogens with zero attached hydrogens (tertiary/aromatic N) is 3. The molecular formula is C11H21N5O. The molecule has 0 saturated heterocycles. The molecule has 96 valence electrons. The first kappa shape index (κ1) is 13.7. The van der Waals surface area contributed by atoms with Crippen LogP contribution in [0.2, 0.25) is 0 Å². The zero-order chi connectivity index (χ0) is 12.7. The molecular weight excluding hydrogens is 218 g/mol. The van der Waals surface area contributed by atoms with Gasteiger partial charge in [0.1, 0.15) is 5.82 Å². The van der Waals surface area contributed by atoms with Crippen molar-refractivity contribution < 1.29 is 4.74 Å². The molecule has 0 aliphatic carbocycles. The van der Waals surface area contributed by atoms with Crippen LogP contribution in [0.3, 0.4) is 0 Å². The van der Waals surface area contributed by atoms with Gasteiger partial charge in [0.15, 0.2) is 0 Å². The average Bonchev–Trinajstić information content (AvgIpc) is 2.31. The van der Waals surface area contributed by atoms with Crippen molar-refractivity contribution in [2.24, 2.45) is 0 Å². The maximum Gasteiger partial charge on any atom is 0.221 e. The van der Waals surface area contributed by atoms with Gasteiger partial charge in [0.05, 0.1) is 6.61 Å². The minimum atomic E-state index is 0.297. The van der Waals surface area contributed by atoms with Crippen LogP contribution < -0.4 is 11.1 Å². The van der Waals surface area contributed by atoms with E-state index >= 15 is 0 Å². The van der Waals surface area contributed by atoms with Gasteiger partial charge in [-0.2, -0.15) is 4.98 Å². The smallest absolute Gasteiger partial charge is 0.221 e. The van der Waals surface area contributed by atoms with Crippen molar-refractivity contribution in [2.45, 2.75) is 6.92 Å². The summed E-state index contributed by atoms with van der Waals surface area (Å²) in [7, 11) is 3.76. The molecule has 17 heavy (non-hydrogen) atoms. The van der Waals surface area contributed by atoms with Crippen molar-refractivity contribution in [2.75, 3.05) is 51.4 Å². The summed E-state index contributed by atoms with van der Waals surface area (Å²) >= 11 is 0. The first-order valence-corrected chi connectivity index (χ1v) is 5.64. The van der Waals surface area contributed by atoms with E-state index in [4.69, 9.17) is 10.5 Å². The van der Waals surface area contributed by atoms with Crippen LogP contribution in [-0.4, -0.2) is 55.3 Å². The van der Waals surface area contributed by atoms with Gasteiger partial charge in [0.2, 0.25) is 5.95 Å². The number of hydrogen-bond donors (Lipinski definition) is 2. The lowest BCUT2D eigenvalue weighted by Gasteiger charge is -2.16. The molecule has 0 fully saturated rings. The third-order valence-electron chi connectivity index (χ3n) is 2.45. The summed E-state index contributed by atoms with van der Waals surface area (Å²) in [5.74, 6) is 1.10. The highest BCUT2D eigenvalue weighted by atomic mass is 16.5. The second kappa shape index (κ2) is 7.03. The predicted octanol–water partition coefficient (Wildman–Crippen LogP) is 0.357. The summed E-state index contributed by atoms with van der Waals surface area (Å²) in [5, 5.41) is 3.25. The van der Waals surface area contributed by atoms with E-state index in [2.05, 4.69) is 27.2 Å². The summed E-state index contributed by atoms with van der Waals surface area (Å²) in [5.41, 5.74) is 6.53. The SMILES string of the molecule is COCCN(C)CCNc1nc(N)ncc1C. The van der Waals surface area contributed by atoms with Crippen LogP contribution >= 0.6 is 0 Å². The summed E-state index contributed by atoms with van der Waals surface area (Å²) in [4.78, 5) is 10.3. The Morgan fingerprint density at radius 1 is 1.47 bits per heavy atom. The normalized spacial score (nSPS) is 10.8. The van der Waals surface area contributed by atoms with Gasteiger partial charge < -0.3 is 20.7 Å². The second-order valence-electron chi connectivity index (χ2n) is 3.98. The number of methoxy groups -OCH3 is 1. The minimum Gasteiger partial charge on any atom is -0.383 e. The summed E-state index contributed by atoms with van der Waals surface area (Å²) in [6.07, 6.45) is 1.72. The molecule has 6 heteroatoms. The number of aromatic nitrogens is 2. The largest absolute Gasteiger partial charge is 0.383 e. The highest BCUT2D eigenvalue weighted by molar-refractivity contribution is 5.44. The average molecular weight is 239 g/mol. The number of nitrogen functional groups attached to an aromatic ring is 1. The van der Waals surface area contributed by atoms with Crippen molar-refractivity contribution in [3.05, 3.63) is 11.8 Å². The lowest BCUT2D eigenvalue weighted by molar-refractivity contribution is 0.163. The second-order valence-corrected chi connectivity index (χ2v) is 3.98. The van der Waals surface area contributed by atoms with E-state index in [0.29, 0.717) is 5.95 Å². The van der Waals surface area contributed by atoms with E-state index in [1.165, 1.54) is 0 Å². The van der Waals surface area contributed by atoms with Gasteiger partial charge >= 0.3 is 0 Å². The van der Waals surface area contributed by atoms with Crippen molar-refractivity contribution >= 4 is 11.8 Å². The van der Waals surface area contributed by atoms with Crippen LogP contribution in [-0.2, 0) is 4.74 Å². The van der Waals surface area contributed by atoms with Gasteiger partial charge in [0, 0.05) is 38.5 Å². The number of ether oxygens (including phenoxy) is 1. The molecule has 1 aromatic heterocycles. The van der Waals surface area contributed by atoms with Crippen LogP contribution in [0, 0.1) is 6.92 Å². The molecule has 1 aromatic rings. The van der Waals surface area contributed by atoms with Crippen molar-refractivity contribution in [1.29, 1.82) is 0 Å². The molecule has 1 heterocycles. The number of hydrogen-bond acceptors (Lipinski definition) is 6. The number of likely N-dealkylation sites (N-methyl/N-ethyl adjacent to an activating group) is 1. The fourth-order valence-corrected chi connectivity index (χ4v) is 1.36. The number of nitrogens with one attached hydrogen (secondary N) is 1. The number of anilines is 2. The Kier molecular flexibility index (Phi) is 5.65. The Bertz CT molecular complexity index is 345. The zero-order valence-corrected chi connectivity index (χ0v) is 10.7. The minimum absolute atomic E-state index is 0.297. The molecule has 0 aliphatic heterocycles. The maximum atomic E-state index is 5.54. The maximum absolute atomic E-state index is 5.54. The summed E-state index contributed by atoms with van der Waals surface area (Å²) in [6, 6.07) is 0. The summed E-state index contributed by atoms with van der Waals surface area (Å²) in [6.45, 7) is 5.36. The Labute approximate surface area is 102 Å². The zero-order valence-electron chi connectivity index (χ0n) is 10.7. The Morgan fingerprint density at radius 3 is 2.94 bits per heavy atom. The topological polar surface area (TPSA) is 76.3 Å². The van der Waals surface area contributed by atoms with Gasteiger partial charge in [-0.3, -0.25) is 0 Å².